The second kappa shape index (κ2) is 11.7. The highest BCUT2D eigenvalue weighted by Gasteiger charge is 2.52. The minimum Gasteiger partial charge on any atom is -0.457 e. The van der Waals surface area contributed by atoms with Crippen LogP contribution in [0, 0.1) is 22.0 Å². The summed E-state index contributed by atoms with van der Waals surface area (Å²) in [6, 6.07) is 15.7. The molecule has 2 atom stereocenters. The molecular weight excluding hydrogens is 573 g/mol. The molecule has 0 N–H and O–H groups in total. The van der Waals surface area contributed by atoms with Gasteiger partial charge in [0.05, 0.1) is 27.3 Å². The van der Waals surface area contributed by atoms with Crippen molar-refractivity contribution in [1.29, 1.82) is 0 Å². The van der Waals surface area contributed by atoms with Gasteiger partial charge in [-0.2, -0.15) is 5.01 Å². The van der Waals surface area contributed by atoms with Crippen LogP contribution in [-0.2, 0) is 9.59 Å². The molecule has 210 valence electrons. The number of benzene rings is 3. The second-order valence-electron chi connectivity index (χ2n) is 9.77. The van der Waals surface area contributed by atoms with Crippen LogP contribution in [0.5, 0.6) is 11.5 Å². The van der Waals surface area contributed by atoms with Gasteiger partial charge < -0.3 is 4.74 Å². The van der Waals surface area contributed by atoms with E-state index in [4.69, 9.17) is 27.9 Å². The summed E-state index contributed by atoms with van der Waals surface area (Å²) in [4.78, 5) is 64.1. The molecule has 41 heavy (non-hydrogen) atoms. The van der Waals surface area contributed by atoms with Crippen LogP contribution in [0.15, 0.2) is 66.7 Å². The molecular formula is C29H23Cl2N3O7. The van der Waals surface area contributed by atoms with E-state index >= 15 is 0 Å². The number of hydrogen-bond acceptors (Lipinski definition) is 7. The number of rotatable bonds is 8. The van der Waals surface area contributed by atoms with Gasteiger partial charge in [0.2, 0.25) is 0 Å². The topological polar surface area (TPSA) is 127 Å². The smallest absolute Gasteiger partial charge is 0.274 e. The molecule has 3 amide bonds. The van der Waals surface area contributed by atoms with Crippen LogP contribution in [0.2, 0.25) is 10.0 Å². The number of non-ortho nitro benzene ring substituents is 1. The standard InChI is InChI=1S/C29H23Cl2N3O7/c30-18-7-14-24(25(31)15-18)27(36)32(33-28(37)22-3-1-2-4-23(22)29(33)38)16-26(35)17-5-10-20(11-6-17)41-21-12-8-19(9-13-21)34(39)40/h5-15,22-23H,1-4,16H2/t22-,23-/m1/s1. The van der Waals surface area contributed by atoms with Crippen molar-refractivity contribution in [3.8, 4) is 11.5 Å². The van der Waals surface area contributed by atoms with Crippen molar-refractivity contribution < 1.29 is 28.8 Å². The highest BCUT2D eigenvalue weighted by molar-refractivity contribution is 6.36. The first-order chi connectivity index (χ1) is 19.6. The molecule has 1 saturated heterocycles. The number of halogens is 2. The van der Waals surface area contributed by atoms with Gasteiger partial charge in [-0.1, -0.05) is 36.0 Å². The van der Waals surface area contributed by atoms with Gasteiger partial charge in [0, 0.05) is 22.7 Å². The zero-order chi connectivity index (χ0) is 29.3. The third kappa shape index (κ3) is 5.79. The summed E-state index contributed by atoms with van der Waals surface area (Å²) in [5.74, 6) is -2.64. The maximum absolute atomic E-state index is 13.7. The molecule has 0 radical (unpaired) electrons. The number of imide groups is 1. The van der Waals surface area contributed by atoms with Gasteiger partial charge in [0.15, 0.2) is 5.78 Å². The molecule has 1 aliphatic heterocycles. The summed E-state index contributed by atoms with van der Waals surface area (Å²) in [5, 5.41) is 12.9. The van der Waals surface area contributed by atoms with E-state index in [0.29, 0.717) is 29.4 Å². The monoisotopic (exact) mass is 595 g/mol. The van der Waals surface area contributed by atoms with Crippen molar-refractivity contribution in [2.24, 2.45) is 11.8 Å². The Bertz CT molecular complexity index is 1520. The van der Waals surface area contributed by atoms with Gasteiger partial charge in [-0.25, -0.2) is 5.01 Å². The van der Waals surface area contributed by atoms with E-state index < -0.39 is 46.8 Å². The van der Waals surface area contributed by atoms with Gasteiger partial charge >= 0.3 is 0 Å². The van der Waals surface area contributed by atoms with Gasteiger partial charge in [-0.05, 0) is 67.4 Å². The Hall–Kier alpha value is -4.28. The minimum atomic E-state index is -0.779. The fourth-order valence-corrected chi connectivity index (χ4v) is 5.62. The third-order valence-electron chi connectivity index (χ3n) is 7.21. The highest BCUT2D eigenvalue weighted by atomic mass is 35.5. The maximum atomic E-state index is 13.7. The molecule has 1 heterocycles. The first-order valence-corrected chi connectivity index (χ1v) is 13.6. The lowest BCUT2D eigenvalue weighted by atomic mass is 9.81. The van der Waals surface area contributed by atoms with Crippen molar-refractivity contribution in [1.82, 2.24) is 10.0 Å². The Morgan fingerprint density at radius 3 is 2.00 bits per heavy atom. The number of nitro benzene ring substituents is 1. The first kappa shape index (κ1) is 28.3. The number of hydrazine groups is 1. The van der Waals surface area contributed by atoms with Crippen molar-refractivity contribution >= 4 is 52.4 Å². The van der Waals surface area contributed by atoms with Crippen LogP contribution in [-0.4, -0.2) is 45.0 Å². The normalized spacial score (nSPS) is 18.1. The van der Waals surface area contributed by atoms with Crippen molar-refractivity contribution in [2.75, 3.05) is 6.54 Å². The number of hydrogen-bond donors (Lipinski definition) is 0. The molecule has 0 bridgehead atoms. The molecule has 3 aromatic rings. The Morgan fingerprint density at radius 1 is 0.902 bits per heavy atom. The Morgan fingerprint density at radius 2 is 1.46 bits per heavy atom. The van der Waals surface area contributed by atoms with Gasteiger partial charge in [0.1, 0.15) is 18.0 Å². The van der Waals surface area contributed by atoms with Crippen LogP contribution in [0.1, 0.15) is 46.4 Å². The van der Waals surface area contributed by atoms with E-state index in [0.717, 1.165) is 22.9 Å². The minimum absolute atomic E-state index is 0.00816. The van der Waals surface area contributed by atoms with Crippen LogP contribution < -0.4 is 4.74 Å². The number of amides is 3. The summed E-state index contributed by atoms with van der Waals surface area (Å²) in [6.07, 6.45) is 2.69. The Kier molecular flexibility index (Phi) is 8.05. The summed E-state index contributed by atoms with van der Waals surface area (Å²) in [6.45, 7) is -0.586. The molecule has 10 nitrogen and oxygen atoms in total. The highest BCUT2D eigenvalue weighted by Crippen LogP contribution is 2.39. The Balaban J connectivity index is 1.39. The lowest BCUT2D eigenvalue weighted by Gasteiger charge is -2.30. The number of ether oxygens (including phenoxy) is 1. The quantitative estimate of drug-likeness (QED) is 0.133. The molecule has 2 aliphatic rings. The summed E-state index contributed by atoms with van der Waals surface area (Å²) in [5.41, 5.74) is 0.121. The van der Waals surface area contributed by atoms with Gasteiger partial charge in [-0.15, -0.1) is 0 Å². The fourth-order valence-electron chi connectivity index (χ4n) is 5.13. The van der Waals surface area contributed by atoms with Crippen LogP contribution >= 0.6 is 23.2 Å². The molecule has 2 fully saturated rings. The molecule has 12 heteroatoms. The summed E-state index contributed by atoms with van der Waals surface area (Å²) >= 11 is 12.3. The van der Waals surface area contributed by atoms with Crippen molar-refractivity contribution in [3.63, 3.8) is 0 Å². The average molecular weight is 596 g/mol. The van der Waals surface area contributed by atoms with Crippen molar-refractivity contribution in [3.05, 3.63) is 98.0 Å². The predicted octanol–water partition coefficient (Wildman–Crippen LogP) is 6.11. The predicted molar refractivity (Wildman–Crippen MR) is 149 cm³/mol. The summed E-state index contributed by atoms with van der Waals surface area (Å²) < 4.78 is 5.69. The molecule has 0 aromatic heterocycles. The van der Waals surface area contributed by atoms with Gasteiger partial charge in [-0.3, -0.25) is 29.3 Å². The molecule has 0 unspecified atom stereocenters. The average Bonchev–Trinajstić information content (AvgIpc) is 3.21. The summed E-state index contributed by atoms with van der Waals surface area (Å²) in [7, 11) is 0. The Labute approximate surface area is 244 Å². The van der Waals surface area contributed by atoms with Crippen LogP contribution in [0.3, 0.4) is 0 Å². The number of carbonyl (C=O) groups is 4. The van der Waals surface area contributed by atoms with E-state index in [1.807, 2.05) is 0 Å². The zero-order valence-electron chi connectivity index (χ0n) is 21.5. The SMILES string of the molecule is O=C(CN(C(=O)c1ccc(Cl)cc1Cl)N1C(=O)[C@@H]2CCCC[C@H]2C1=O)c1ccc(Oc2ccc([N+](=O)[O-])cc2)cc1. The molecule has 1 aliphatic carbocycles. The van der Waals surface area contributed by atoms with Gasteiger partial charge in [0.25, 0.3) is 23.4 Å². The largest absolute Gasteiger partial charge is 0.457 e. The van der Waals surface area contributed by atoms with E-state index in [1.54, 1.807) is 0 Å². The lowest BCUT2D eigenvalue weighted by Crippen LogP contribution is -2.52. The van der Waals surface area contributed by atoms with E-state index in [9.17, 15) is 29.3 Å². The second-order valence-corrected chi connectivity index (χ2v) is 10.6. The molecule has 3 aromatic carbocycles. The number of Topliss-reactive ketones (excluding diaryl/α,β-unsaturated/α-hetero) is 1. The van der Waals surface area contributed by atoms with E-state index in [-0.39, 0.29) is 21.8 Å². The number of nitro groups is 1. The number of nitrogens with zero attached hydrogens (tertiary/aromatic N) is 3. The molecule has 0 spiro atoms. The number of carbonyl (C=O) groups excluding carboxylic acids is 4. The number of ketones is 1. The van der Waals surface area contributed by atoms with Crippen molar-refractivity contribution in [2.45, 2.75) is 25.7 Å². The zero-order valence-corrected chi connectivity index (χ0v) is 23.0. The first-order valence-electron chi connectivity index (χ1n) is 12.8. The molecule has 5 rings (SSSR count). The lowest BCUT2D eigenvalue weighted by molar-refractivity contribution is -0.384. The molecule has 1 saturated carbocycles. The van der Waals surface area contributed by atoms with E-state index in [2.05, 4.69) is 0 Å². The van der Waals surface area contributed by atoms with Crippen LogP contribution in [0.4, 0.5) is 5.69 Å². The maximum Gasteiger partial charge on any atom is 0.274 e. The van der Waals surface area contributed by atoms with Crippen LogP contribution in [0.25, 0.3) is 0 Å². The fraction of sp³-hybridized carbons (Fsp3) is 0.241. The van der Waals surface area contributed by atoms with E-state index in [1.165, 1.54) is 66.7 Å². The number of fused-ring (bicyclic) bond motifs is 1. The third-order valence-corrected chi connectivity index (χ3v) is 7.76.